The number of allylic oxidation sites excluding steroid dienone is 1. The molecule has 1 aromatic rings. The van der Waals surface area contributed by atoms with Crippen LogP contribution in [0.5, 0.6) is 0 Å². The lowest BCUT2D eigenvalue weighted by Gasteiger charge is -2.12. The molecule has 0 saturated carbocycles. The summed E-state index contributed by atoms with van der Waals surface area (Å²) in [6.07, 6.45) is 1.15. The summed E-state index contributed by atoms with van der Waals surface area (Å²) in [6, 6.07) is 6.83. The SMILES string of the molecule is C=CC(=O)C(C(C)=O)c1ccccc1Cl. The molecule has 0 amide bonds. The van der Waals surface area contributed by atoms with Crippen LogP contribution in [0.4, 0.5) is 0 Å². The maximum absolute atomic E-state index is 11.5. The number of hydrogen-bond donors (Lipinski definition) is 0. The second kappa shape index (κ2) is 4.89. The van der Waals surface area contributed by atoms with Gasteiger partial charge in [0.25, 0.3) is 0 Å². The first-order valence-corrected chi connectivity index (χ1v) is 4.87. The van der Waals surface area contributed by atoms with Crippen LogP contribution in [0, 0.1) is 0 Å². The first kappa shape index (κ1) is 11.7. The molecule has 15 heavy (non-hydrogen) atoms. The predicted octanol–water partition coefficient (Wildman–Crippen LogP) is 2.77. The smallest absolute Gasteiger partial charge is 0.170 e. The van der Waals surface area contributed by atoms with Crippen molar-refractivity contribution >= 4 is 23.2 Å². The second-order valence-electron chi connectivity index (χ2n) is 3.17. The molecule has 0 radical (unpaired) electrons. The van der Waals surface area contributed by atoms with E-state index in [1.807, 2.05) is 0 Å². The largest absolute Gasteiger partial charge is 0.299 e. The third-order valence-electron chi connectivity index (χ3n) is 2.11. The molecule has 0 fully saturated rings. The lowest BCUT2D eigenvalue weighted by atomic mass is 9.91. The average molecular weight is 223 g/mol. The van der Waals surface area contributed by atoms with Crippen molar-refractivity contribution in [2.45, 2.75) is 12.8 Å². The molecule has 1 aromatic carbocycles. The monoisotopic (exact) mass is 222 g/mol. The summed E-state index contributed by atoms with van der Waals surface area (Å²) < 4.78 is 0. The van der Waals surface area contributed by atoms with E-state index in [2.05, 4.69) is 6.58 Å². The number of Topliss-reactive ketones (excluding diaryl/α,β-unsaturated/α-hetero) is 1. The van der Waals surface area contributed by atoms with Crippen LogP contribution < -0.4 is 0 Å². The summed E-state index contributed by atoms with van der Waals surface area (Å²) in [5.41, 5.74) is 0.538. The van der Waals surface area contributed by atoms with Crippen LogP contribution >= 0.6 is 11.6 Å². The van der Waals surface area contributed by atoms with Gasteiger partial charge in [-0.2, -0.15) is 0 Å². The van der Waals surface area contributed by atoms with Crippen LogP contribution in [0.2, 0.25) is 5.02 Å². The van der Waals surface area contributed by atoms with E-state index in [9.17, 15) is 9.59 Å². The summed E-state index contributed by atoms with van der Waals surface area (Å²) in [4.78, 5) is 22.9. The standard InChI is InChI=1S/C12H11ClO2/c1-3-11(15)12(8(2)14)9-6-4-5-7-10(9)13/h3-7,12H,1H2,2H3. The van der Waals surface area contributed by atoms with E-state index < -0.39 is 5.92 Å². The summed E-state index contributed by atoms with van der Waals surface area (Å²) >= 11 is 5.93. The first-order valence-electron chi connectivity index (χ1n) is 4.49. The minimum atomic E-state index is -0.823. The predicted molar refractivity (Wildman–Crippen MR) is 60.1 cm³/mol. The molecule has 0 spiro atoms. The number of halogens is 1. The highest BCUT2D eigenvalue weighted by atomic mass is 35.5. The molecule has 78 valence electrons. The average Bonchev–Trinajstić information content (AvgIpc) is 2.20. The fourth-order valence-corrected chi connectivity index (χ4v) is 1.64. The Morgan fingerprint density at radius 1 is 1.40 bits per heavy atom. The second-order valence-corrected chi connectivity index (χ2v) is 3.58. The van der Waals surface area contributed by atoms with Crippen LogP contribution in [-0.2, 0) is 9.59 Å². The fourth-order valence-electron chi connectivity index (χ4n) is 1.40. The zero-order valence-electron chi connectivity index (χ0n) is 8.37. The summed E-state index contributed by atoms with van der Waals surface area (Å²) in [6.45, 7) is 4.74. The molecule has 0 aromatic heterocycles. The van der Waals surface area contributed by atoms with Gasteiger partial charge in [-0.05, 0) is 24.6 Å². The highest BCUT2D eigenvalue weighted by Gasteiger charge is 2.24. The van der Waals surface area contributed by atoms with E-state index in [1.165, 1.54) is 6.92 Å². The van der Waals surface area contributed by atoms with Gasteiger partial charge in [0, 0.05) is 5.02 Å². The van der Waals surface area contributed by atoms with Crippen molar-refractivity contribution in [2.75, 3.05) is 0 Å². The lowest BCUT2D eigenvalue weighted by Crippen LogP contribution is -2.18. The Hall–Kier alpha value is -1.41. The van der Waals surface area contributed by atoms with Crippen molar-refractivity contribution in [2.24, 2.45) is 0 Å². The Morgan fingerprint density at radius 3 is 2.47 bits per heavy atom. The Balaban J connectivity index is 3.22. The molecule has 0 saturated heterocycles. The summed E-state index contributed by atoms with van der Waals surface area (Å²) in [5, 5.41) is 0.424. The van der Waals surface area contributed by atoms with Crippen molar-refractivity contribution in [3.05, 3.63) is 47.5 Å². The molecule has 0 aliphatic heterocycles. The quantitative estimate of drug-likeness (QED) is 0.580. The maximum atomic E-state index is 11.5. The molecule has 2 nitrogen and oxygen atoms in total. The van der Waals surface area contributed by atoms with Crippen molar-refractivity contribution in [3.8, 4) is 0 Å². The van der Waals surface area contributed by atoms with E-state index >= 15 is 0 Å². The number of benzene rings is 1. The molecule has 1 unspecified atom stereocenters. The molecule has 3 heteroatoms. The van der Waals surface area contributed by atoms with Gasteiger partial charge in [-0.25, -0.2) is 0 Å². The molecular weight excluding hydrogens is 212 g/mol. The normalized spacial score (nSPS) is 11.9. The highest BCUT2D eigenvalue weighted by molar-refractivity contribution is 6.32. The minimum absolute atomic E-state index is 0.229. The number of carbonyl (C=O) groups is 2. The van der Waals surface area contributed by atoms with Gasteiger partial charge in [-0.3, -0.25) is 9.59 Å². The summed E-state index contributed by atoms with van der Waals surface area (Å²) in [7, 11) is 0. The van der Waals surface area contributed by atoms with Gasteiger partial charge in [-0.15, -0.1) is 0 Å². The van der Waals surface area contributed by atoms with Crippen molar-refractivity contribution < 1.29 is 9.59 Å². The van der Waals surface area contributed by atoms with Gasteiger partial charge in [0.2, 0.25) is 0 Å². The van der Waals surface area contributed by atoms with E-state index in [0.717, 1.165) is 6.08 Å². The van der Waals surface area contributed by atoms with Crippen LogP contribution in [0.25, 0.3) is 0 Å². The Kier molecular flexibility index (Phi) is 3.81. The van der Waals surface area contributed by atoms with Crippen LogP contribution in [0.3, 0.4) is 0 Å². The first-order chi connectivity index (χ1) is 7.07. The molecule has 0 N–H and O–H groups in total. The van der Waals surface area contributed by atoms with Gasteiger partial charge in [0.15, 0.2) is 5.78 Å². The van der Waals surface area contributed by atoms with E-state index in [0.29, 0.717) is 10.6 Å². The molecule has 0 heterocycles. The third kappa shape index (κ3) is 2.54. The van der Waals surface area contributed by atoms with Crippen LogP contribution in [0.15, 0.2) is 36.9 Å². The van der Waals surface area contributed by atoms with E-state index in [-0.39, 0.29) is 11.6 Å². The van der Waals surface area contributed by atoms with Crippen molar-refractivity contribution in [3.63, 3.8) is 0 Å². The van der Waals surface area contributed by atoms with Gasteiger partial charge in [-0.1, -0.05) is 36.4 Å². The Bertz CT molecular complexity index is 410. The highest BCUT2D eigenvalue weighted by Crippen LogP contribution is 2.26. The number of carbonyl (C=O) groups excluding carboxylic acids is 2. The number of rotatable bonds is 4. The Labute approximate surface area is 93.6 Å². The van der Waals surface area contributed by atoms with Gasteiger partial charge in [0.1, 0.15) is 11.7 Å². The van der Waals surface area contributed by atoms with E-state index in [1.54, 1.807) is 24.3 Å². The fraction of sp³-hybridized carbons (Fsp3) is 0.167. The molecule has 0 bridgehead atoms. The molecular formula is C12H11ClO2. The van der Waals surface area contributed by atoms with Gasteiger partial charge in [0.05, 0.1) is 0 Å². The van der Waals surface area contributed by atoms with Crippen molar-refractivity contribution in [1.29, 1.82) is 0 Å². The molecule has 1 atom stereocenters. The Morgan fingerprint density at radius 2 is 2.00 bits per heavy atom. The molecule has 1 rings (SSSR count). The minimum Gasteiger partial charge on any atom is -0.299 e. The molecule has 0 aliphatic carbocycles. The van der Waals surface area contributed by atoms with Gasteiger partial charge < -0.3 is 0 Å². The van der Waals surface area contributed by atoms with Crippen LogP contribution in [0.1, 0.15) is 18.4 Å². The number of ketones is 2. The van der Waals surface area contributed by atoms with Crippen LogP contribution in [-0.4, -0.2) is 11.6 Å². The maximum Gasteiger partial charge on any atom is 0.170 e. The zero-order valence-corrected chi connectivity index (χ0v) is 9.12. The lowest BCUT2D eigenvalue weighted by molar-refractivity contribution is -0.125. The third-order valence-corrected chi connectivity index (χ3v) is 2.45. The number of hydrogen-bond acceptors (Lipinski definition) is 2. The topological polar surface area (TPSA) is 34.1 Å². The zero-order chi connectivity index (χ0) is 11.4. The van der Waals surface area contributed by atoms with Crippen molar-refractivity contribution in [1.82, 2.24) is 0 Å². The summed E-state index contributed by atoms with van der Waals surface area (Å²) in [5.74, 6) is -1.38. The van der Waals surface area contributed by atoms with E-state index in [4.69, 9.17) is 11.6 Å². The molecule has 0 aliphatic rings. The van der Waals surface area contributed by atoms with Gasteiger partial charge >= 0.3 is 0 Å².